The number of fused-ring (bicyclic) bond motifs is 1. The third kappa shape index (κ3) is 4.67. The smallest absolute Gasteiger partial charge is 0.0731 e. The monoisotopic (exact) mass is 425 g/mol. The van der Waals surface area contributed by atoms with Crippen molar-refractivity contribution in [3.63, 3.8) is 0 Å². The van der Waals surface area contributed by atoms with E-state index in [0.717, 1.165) is 47.4 Å². The van der Waals surface area contributed by atoms with Crippen LogP contribution in [0.15, 0.2) is 59.6 Å². The molecule has 0 radical (unpaired) electrons. The second kappa shape index (κ2) is 9.88. The van der Waals surface area contributed by atoms with Gasteiger partial charge in [0, 0.05) is 16.7 Å². The second-order valence-corrected chi connectivity index (χ2v) is 8.92. The van der Waals surface area contributed by atoms with Crippen molar-refractivity contribution in [2.24, 2.45) is 16.8 Å². The summed E-state index contributed by atoms with van der Waals surface area (Å²) in [5.74, 6) is 0.316. The van der Waals surface area contributed by atoms with E-state index in [-0.39, 0.29) is 18.2 Å². The van der Waals surface area contributed by atoms with E-state index in [0.29, 0.717) is 18.9 Å². The number of hydrogen-bond donors (Lipinski definition) is 4. The molecule has 160 valence electrons. The van der Waals surface area contributed by atoms with Crippen LogP contribution in [0, 0.1) is 5.92 Å². The summed E-state index contributed by atoms with van der Waals surface area (Å²) in [5, 5.41) is 20.1. The molecule has 30 heavy (non-hydrogen) atoms. The number of aliphatic hydroxyl groups excluding tert-OH is 1. The summed E-state index contributed by atoms with van der Waals surface area (Å²) in [6.45, 7) is 0.592. The van der Waals surface area contributed by atoms with Gasteiger partial charge in [0.05, 0.1) is 30.6 Å². The standard InChI is InChI=1S/C24H31N3O2S/c25-14-22-20-7-3-2-6-19(20)21(27-22)13-23(28)16-9-11-18(12-10-16)29-15-17-5-1-4-8-24(17)30-26/h1-8,14,16,18,21,23,27-28H,9-13,15,25-26H2/b22-14-. The minimum absolute atomic E-state index is 0.116. The van der Waals surface area contributed by atoms with Crippen molar-refractivity contribution in [2.75, 3.05) is 0 Å². The summed E-state index contributed by atoms with van der Waals surface area (Å²) in [4.78, 5) is 1.07. The zero-order chi connectivity index (χ0) is 20.9. The number of aliphatic hydroxyl groups is 1. The van der Waals surface area contributed by atoms with Crippen molar-refractivity contribution in [3.05, 3.63) is 71.4 Å². The SMILES string of the molecule is N/C=C1\NC(CC(O)C2CCC(OCc3ccccc3SN)CC2)c2ccccc21. The van der Waals surface area contributed by atoms with Crippen LogP contribution in [0.5, 0.6) is 0 Å². The van der Waals surface area contributed by atoms with Crippen molar-refractivity contribution in [1.82, 2.24) is 5.32 Å². The van der Waals surface area contributed by atoms with E-state index in [1.807, 2.05) is 30.3 Å². The molecule has 1 saturated carbocycles. The van der Waals surface area contributed by atoms with Crippen LogP contribution < -0.4 is 16.2 Å². The Kier molecular flexibility index (Phi) is 7.00. The van der Waals surface area contributed by atoms with E-state index in [2.05, 4.69) is 23.5 Å². The summed E-state index contributed by atoms with van der Waals surface area (Å²) in [7, 11) is 0. The molecule has 1 fully saturated rings. The molecule has 0 spiro atoms. The van der Waals surface area contributed by atoms with E-state index in [1.165, 1.54) is 17.5 Å². The van der Waals surface area contributed by atoms with Crippen LogP contribution in [-0.4, -0.2) is 17.3 Å². The van der Waals surface area contributed by atoms with E-state index >= 15 is 0 Å². The number of nitrogens with one attached hydrogen (secondary N) is 1. The molecular formula is C24H31N3O2S. The molecule has 6 heteroatoms. The maximum absolute atomic E-state index is 10.9. The molecule has 0 aromatic heterocycles. The minimum atomic E-state index is -0.331. The van der Waals surface area contributed by atoms with E-state index in [4.69, 9.17) is 15.6 Å². The zero-order valence-corrected chi connectivity index (χ0v) is 18.0. The topological polar surface area (TPSA) is 93.5 Å². The first-order valence-corrected chi connectivity index (χ1v) is 11.6. The van der Waals surface area contributed by atoms with Gasteiger partial charge in [-0.05, 0) is 67.2 Å². The Balaban J connectivity index is 1.27. The Morgan fingerprint density at radius 2 is 1.83 bits per heavy atom. The Morgan fingerprint density at radius 3 is 2.60 bits per heavy atom. The number of hydrogen-bond acceptors (Lipinski definition) is 6. The Bertz CT molecular complexity index is 880. The predicted octanol–water partition coefficient (Wildman–Crippen LogP) is 4.08. The van der Waals surface area contributed by atoms with Crippen LogP contribution in [-0.2, 0) is 11.3 Å². The molecule has 5 nitrogen and oxygen atoms in total. The van der Waals surface area contributed by atoms with Gasteiger partial charge >= 0.3 is 0 Å². The van der Waals surface area contributed by atoms with Gasteiger partial charge in [-0.3, -0.25) is 5.14 Å². The van der Waals surface area contributed by atoms with Gasteiger partial charge in [-0.2, -0.15) is 0 Å². The maximum atomic E-state index is 10.9. The van der Waals surface area contributed by atoms with E-state index in [1.54, 1.807) is 6.20 Å². The van der Waals surface area contributed by atoms with Crippen LogP contribution in [0.4, 0.5) is 0 Å². The molecule has 2 unspecified atom stereocenters. The molecule has 0 amide bonds. The number of benzene rings is 2. The van der Waals surface area contributed by atoms with Crippen molar-refractivity contribution in [1.29, 1.82) is 0 Å². The highest BCUT2D eigenvalue weighted by Crippen LogP contribution is 2.38. The highest BCUT2D eigenvalue weighted by molar-refractivity contribution is 7.97. The summed E-state index contributed by atoms with van der Waals surface area (Å²) in [6, 6.07) is 16.5. The van der Waals surface area contributed by atoms with Gasteiger partial charge < -0.3 is 20.9 Å². The largest absolute Gasteiger partial charge is 0.403 e. The van der Waals surface area contributed by atoms with Crippen LogP contribution in [0.3, 0.4) is 0 Å². The summed E-state index contributed by atoms with van der Waals surface area (Å²) in [6.07, 6.45) is 6.20. The van der Waals surface area contributed by atoms with Crippen LogP contribution in [0.2, 0.25) is 0 Å². The first-order chi connectivity index (χ1) is 14.7. The lowest BCUT2D eigenvalue weighted by Gasteiger charge is -2.32. The molecule has 2 aromatic carbocycles. The van der Waals surface area contributed by atoms with Gasteiger partial charge in [-0.1, -0.05) is 42.5 Å². The quantitative estimate of drug-likeness (QED) is 0.500. The highest BCUT2D eigenvalue weighted by Gasteiger charge is 2.32. The van der Waals surface area contributed by atoms with Gasteiger partial charge in [-0.15, -0.1) is 0 Å². The summed E-state index contributed by atoms with van der Waals surface area (Å²) >= 11 is 1.27. The van der Waals surface area contributed by atoms with Crippen LogP contribution >= 0.6 is 11.9 Å². The fourth-order valence-corrected chi connectivity index (χ4v) is 5.17. The number of ether oxygens (including phenoxy) is 1. The number of nitrogens with two attached hydrogens (primary N) is 2. The molecule has 1 aliphatic carbocycles. The Morgan fingerprint density at radius 1 is 1.10 bits per heavy atom. The average Bonchev–Trinajstić information content (AvgIpc) is 3.15. The predicted molar refractivity (Wildman–Crippen MR) is 122 cm³/mol. The fraction of sp³-hybridized carbons (Fsp3) is 0.417. The molecule has 1 aliphatic heterocycles. The van der Waals surface area contributed by atoms with Gasteiger partial charge in [0.15, 0.2) is 0 Å². The normalized spacial score (nSPS) is 25.7. The lowest BCUT2D eigenvalue weighted by molar-refractivity contribution is -0.0164. The third-order valence-electron chi connectivity index (χ3n) is 6.44. The summed E-state index contributed by atoms with van der Waals surface area (Å²) < 4.78 is 6.16. The van der Waals surface area contributed by atoms with E-state index in [9.17, 15) is 5.11 Å². The lowest BCUT2D eigenvalue weighted by atomic mass is 9.81. The highest BCUT2D eigenvalue weighted by atomic mass is 32.2. The molecule has 6 N–H and O–H groups in total. The molecule has 2 atom stereocenters. The van der Waals surface area contributed by atoms with Crippen molar-refractivity contribution >= 4 is 17.6 Å². The lowest BCUT2D eigenvalue weighted by Crippen LogP contribution is -2.31. The minimum Gasteiger partial charge on any atom is -0.403 e. The third-order valence-corrected chi connectivity index (χ3v) is 7.09. The van der Waals surface area contributed by atoms with E-state index < -0.39 is 0 Å². The first kappa shape index (κ1) is 21.2. The number of rotatable bonds is 7. The first-order valence-electron chi connectivity index (χ1n) is 10.7. The summed E-state index contributed by atoms with van der Waals surface area (Å²) in [5.41, 5.74) is 10.2. The fourth-order valence-electron chi connectivity index (χ4n) is 4.73. The van der Waals surface area contributed by atoms with Crippen LogP contribution in [0.1, 0.15) is 54.8 Å². The van der Waals surface area contributed by atoms with Gasteiger partial charge in [0.1, 0.15) is 0 Å². The van der Waals surface area contributed by atoms with Crippen LogP contribution in [0.25, 0.3) is 5.70 Å². The van der Waals surface area contributed by atoms with Crippen molar-refractivity contribution < 1.29 is 9.84 Å². The molecular weight excluding hydrogens is 394 g/mol. The van der Waals surface area contributed by atoms with Crippen molar-refractivity contribution in [2.45, 2.75) is 61.9 Å². The van der Waals surface area contributed by atoms with Crippen molar-refractivity contribution in [3.8, 4) is 0 Å². The molecule has 2 aliphatic rings. The maximum Gasteiger partial charge on any atom is 0.0731 e. The van der Waals surface area contributed by atoms with Gasteiger partial charge in [0.25, 0.3) is 0 Å². The average molecular weight is 426 g/mol. The Hall–Kier alpha value is -1.99. The van der Waals surface area contributed by atoms with Gasteiger partial charge in [0.2, 0.25) is 0 Å². The molecule has 1 heterocycles. The molecule has 0 saturated heterocycles. The molecule has 2 aromatic rings. The molecule has 0 bridgehead atoms. The Labute approximate surface area is 183 Å². The van der Waals surface area contributed by atoms with Gasteiger partial charge in [-0.25, -0.2) is 0 Å². The second-order valence-electron chi connectivity index (χ2n) is 8.24. The zero-order valence-electron chi connectivity index (χ0n) is 17.2. The molecule has 4 rings (SSSR count).